The average molecular weight is 366 g/mol. The monoisotopic (exact) mass is 366 g/mol. The second-order valence-corrected chi connectivity index (χ2v) is 6.68. The molecule has 0 saturated heterocycles. The fourth-order valence-electron chi connectivity index (χ4n) is 2.65. The van der Waals surface area contributed by atoms with Crippen molar-refractivity contribution in [1.29, 1.82) is 0 Å². The largest absolute Gasteiger partial charge is 0.416 e. The van der Waals surface area contributed by atoms with E-state index in [0.717, 1.165) is 28.8 Å². The van der Waals surface area contributed by atoms with Gasteiger partial charge >= 0.3 is 6.18 Å². The van der Waals surface area contributed by atoms with Crippen LogP contribution in [0.2, 0.25) is 0 Å². The number of rotatable bonds is 5. The molecule has 0 radical (unpaired) electrons. The Morgan fingerprint density at radius 2 is 1.92 bits per heavy atom. The van der Waals surface area contributed by atoms with Crippen molar-refractivity contribution in [3.8, 4) is 0 Å². The zero-order valence-corrected chi connectivity index (χ0v) is 14.4. The molecule has 0 aliphatic heterocycles. The summed E-state index contributed by atoms with van der Waals surface area (Å²) in [6.45, 7) is 2.89. The normalized spacial score (nSPS) is 11.8. The molecule has 0 aliphatic rings. The van der Waals surface area contributed by atoms with Crippen molar-refractivity contribution in [2.75, 3.05) is 6.54 Å². The molecule has 1 amide bonds. The van der Waals surface area contributed by atoms with Crippen LogP contribution in [0.15, 0.2) is 41.8 Å². The molecule has 3 aromatic rings. The first-order valence-electron chi connectivity index (χ1n) is 7.91. The third-order valence-corrected chi connectivity index (χ3v) is 4.77. The first-order valence-corrected chi connectivity index (χ1v) is 8.79. The molecule has 25 heavy (non-hydrogen) atoms. The Balaban J connectivity index is 1.92. The predicted molar refractivity (Wildman–Crippen MR) is 93.0 cm³/mol. The average Bonchev–Trinajstić information content (AvgIpc) is 3.15. The van der Waals surface area contributed by atoms with E-state index in [1.165, 1.54) is 23.5 Å². The Morgan fingerprint density at radius 1 is 1.20 bits per heavy atom. The molecule has 2 aromatic heterocycles. The molecule has 7 heteroatoms. The lowest BCUT2D eigenvalue weighted by Crippen LogP contribution is -2.26. The van der Waals surface area contributed by atoms with Gasteiger partial charge < -0.3 is 9.88 Å². The summed E-state index contributed by atoms with van der Waals surface area (Å²) in [5.74, 6) is -0.169. The van der Waals surface area contributed by atoms with Crippen LogP contribution in [0, 0.1) is 0 Å². The molecule has 132 valence electrons. The lowest BCUT2D eigenvalue weighted by molar-refractivity contribution is -0.137. The van der Waals surface area contributed by atoms with Crippen LogP contribution in [0.3, 0.4) is 0 Å². The van der Waals surface area contributed by atoms with Crippen LogP contribution >= 0.6 is 11.3 Å². The predicted octanol–water partition coefficient (Wildman–Crippen LogP) is 4.91. The molecule has 0 spiro atoms. The highest BCUT2D eigenvalue weighted by Crippen LogP contribution is 2.30. The second-order valence-electron chi connectivity index (χ2n) is 5.74. The van der Waals surface area contributed by atoms with E-state index in [1.807, 2.05) is 29.0 Å². The summed E-state index contributed by atoms with van der Waals surface area (Å²) < 4.78 is 40.9. The first-order chi connectivity index (χ1) is 11.9. The van der Waals surface area contributed by atoms with Crippen molar-refractivity contribution in [2.24, 2.45) is 0 Å². The molecule has 0 unspecified atom stereocenters. The number of amides is 1. The zero-order chi connectivity index (χ0) is 18.0. The molecule has 0 aliphatic carbocycles. The number of nitrogens with zero attached hydrogens (tertiary/aromatic N) is 1. The quantitative estimate of drug-likeness (QED) is 0.684. The fourth-order valence-corrected chi connectivity index (χ4v) is 3.47. The van der Waals surface area contributed by atoms with Crippen molar-refractivity contribution in [3.63, 3.8) is 0 Å². The SMILES string of the molecule is CCCNC(=O)c1cc2sccc2n1Cc1ccc(C(F)(F)F)cc1. The Hall–Kier alpha value is -2.28. The minimum Gasteiger partial charge on any atom is -0.351 e. The number of fused-ring (bicyclic) bond motifs is 1. The zero-order valence-electron chi connectivity index (χ0n) is 13.6. The summed E-state index contributed by atoms with van der Waals surface area (Å²) in [5, 5.41) is 4.78. The van der Waals surface area contributed by atoms with Gasteiger partial charge in [-0.05, 0) is 41.6 Å². The van der Waals surface area contributed by atoms with Crippen LogP contribution < -0.4 is 5.32 Å². The van der Waals surface area contributed by atoms with Gasteiger partial charge in [0.1, 0.15) is 5.69 Å². The van der Waals surface area contributed by atoms with Crippen molar-refractivity contribution in [1.82, 2.24) is 9.88 Å². The summed E-state index contributed by atoms with van der Waals surface area (Å²) >= 11 is 1.53. The number of aromatic nitrogens is 1. The minimum absolute atomic E-state index is 0.169. The van der Waals surface area contributed by atoms with Crippen LogP contribution in [-0.4, -0.2) is 17.0 Å². The number of carbonyl (C=O) groups is 1. The lowest BCUT2D eigenvalue weighted by Gasteiger charge is -2.12. The lowest BCUT2D eigenvalue weighted by atomic mass is 10.1. The Labute approximate surface area is 147 Å². The third-order valence-electron chi connectivity index (χ3n) is 3.91. The van der Waals surface area contributed by atoms with E-state index in [0.29, 0.717) is 24.3 Å². The van der Waals surface area contributed by atoms with E-state index >= 15 is 0 Å². The molecular formula is C18H17F3N2OS. The number of alkyl halides is 3. The van der Waals surface area contributed by atoms with Gasteiger partial charge in [-0.15, -0.1) is 11.3 Å². The molecule has 3 rings (SSSR count). The third kappa shape index (κ3) is 3.71. The first kappa shape index (κ1) is 17.5. The maximum absolute atomic E-state index is 12.7. The van der Waals surface area contributed by atoms with Crippen LogP contribution in [0.1, 0.15) is 35.0 Å². The van der Waals surface area contributed by atoms with Crippen molar-refractivity contribution < 1.29 is 18.0 Å². The second kappa shape index (κ2) is 6.92. The number of hydrogen-bond acceptors (Lipinski definition) is 2. The van der Waals surface area contributed by atoms with E-state index in [9.17, 15) is 18.0 Å². The number of hydrogen-bond donors (Lipinski definition) is 1. The fraction of sp³-hybridized carbons (Fsp3) is 0.278. The summed E-state index contributed by atoms with van der Waals surface area (Å²) in [6.07, 6.45) is -3.52. The van der Waals surface area contributed by atoms with Crippen LogP contribution in [0.5, 0.6) is 0 Å². The van der Waals surface area contributed by atoms with Gasteiger partial charge in [0.2, 0.25) is 0 Å². The van der Waals surface area contributed by atoms with Gasteiger partial charge in [0.25, 0.3) is 5.91 Å². The van der Waals surface area contributed by atoms with Gasteiger partial charge in [-0.1, -0.05) is 19.1 Å². The van der Waals surface area contributed by atoms with E-state index < -0.39 is 11.7 Å². The number of carbonyl (C=O) groups excluding carboxylic acids is 1. The van der Waals surface area contributed by atoms with E-state index in [1.54, 1.807) is 0 Å². The highest BCUT2D eigenvalue weighted by Gasteiger charge is 2.30. The van der Waals surface area contributed by atoms with Gasteiger partial charge in [0, 0.05) is 13.1 Å². The summed E-state index contributed by atoms with van der Waals surface area (Å²) in [6, 6.07) is 8.79. The summed E-state index contributed by atoms with van der Waals surface area (Å²) in [7, 11) is 0. The Bertz CT molecular complexity index is 878. The van der Waals surface area contributed by atoms with Crippen molar-refractivity contribution in [2.45, 2.75) is 26.1 Å². The molecular weight excluding hydrogens is 349 g/mol. The van der Waals surface area contributed by atoms with E-state index in [2.05, 4.69) is 5.32 Å². The summed E-state index contributed by atoms with van der Waals surface area (Å²) in [4.78, 5) is 12.4. The smallest absolute Gasteiger partial charge is 0.351 e. The van der Waals surface area contributed by atoms with E-state index in [4.69, 9.17) is 0 Å². The van der Waals surface area contributed by atoms with Crippen LogP contribution in [0.25, 0.3) is 10.2 Å². The van der Waals surface area contributed by atoms with Crippen LogP contribution in [0.4, 0.5) is 13.2 Å². The van der Waals surface area contributed by atoms with Gasteiger partial charge in [0.05, 0.1) is 15.8 Å². The highest BCUT2D eigenvalue weighted by molar-refractivity contribution is 7.17. The molecule has 1 aromatic carbocycles. The summed E-state index contributed by atoms with van der Waals surface area (Å²) in [5.41, 5.74) is 1.47. The molecule has 0 atom stereocenters. The molecule has 0 bridgehead atoms. The van der Waals surface area contributed by atoms with Gasteiger partial charge in [0.15, 0.2) is 0 Å². The minimum atomic E-state index is -4.35. The molecule has 1 N–H and O–H groups in total. The Kier molecular flexibility index (Phi) is 4.85. The molecule has 2 heterocycles. The van der Waals surface area contributed by atoms with Gasteiger partial charge in [-0.25, -0.2) is 0 Å². The molecule has 3 nitrogen and oxygen atoms in total. The number of benzene rings is 1. The number of nitrogens with one attached hydrogen (secondary N) is 1. The van der Waals surface area contributed by atoms with Crippen molar-refractivity contribution in [3.05, 3.63) is 58.6 Å². The van der Waals surface area contributed by atoms with E-state index in [-0.39, 0.29) is 5.91 Å². The maximum Gasteiger partial charge on any atom is 0.416 e. The van der Waals surface area contributed by atoms with Crippen molar-refractivity contribution >= 4 is 27.5 Å². The van der Waals surface area contributed by atoms with Crippen LogP contribution in [-0.2, 0) is 12.7 Å². The maximum atomic E-state index is 12.7. The topological polar surface area (TPSA) is 34.0 Å². The Morgan fingerprint density at radius 3 is 2.56 bits per heavy atom. The number of halogens is 3. The number of thiophene rings is 1. The highest BCUT2D eigenvalue weighted by atomic mass is 32.1. The standard InChI is InChI=1S/C18H17F3N2OS/c1-2-8-22-17(24)15-10-16-14(7-9-25-16)23(15)11-12-3-5-13(6-4-12)18(19,20)21/h3-7,9-10H,2,8,11H2,1H3,(H,22,24). The molecule has 0 saturated carbocycles. The van der Waals surface area contributed by atoms with Gasteiger partial charge in [-0.2, -0.15) is 13.2 Å². The van der Waals surface area contributed by atoms with Gasteiger partial charge in [-0.3, -0.25) is 4.79 Å². The molecule has 0 fully saturated rings.